The molecule has 8 nitrogen and oxygen atoms in total. The molecule has 0 N–H and O–H groups in total. The van der Waals surface area contributed by atoms with Crippen molar-refractivity contribution >= 4 is 46.3 Å². The van der Waals surface area contributed by atoms with E-state index in [-0.39, 0.29) is 11.1 Å². The number of rotatable bonds is 6. The van der Waals surface area contributed by atoms with Crippen LogP contribution in [0.5, 0.6) is 0 Å². The van der Waals surface area contributed by atoms with E-state index in [0.29, 0.717) is 9.21 Å². The summed E-state index contributed by atoms with van der Waals surface area (Å²) in [7, 11) is 1.10. The van der Waals surface area contributed by atoms with Crippen LogP contribution in [0.2, 0.25) is 4.34 Å². The standard InChI is InChI=1S/C15H10ClNO7S/c1-23-14(19)8-4-9(6-10(5-8)17(21)22)15(20)24-7-11(18)12-2-3-13(16)25-12/h2-6H,7H2,1H3. The molecule has 10 heteroatoms. The number of benzene rings is 1. The average molecular weight is 384 g/mol. The van der Waals surface area contributed by atoms with Crippen molar-refractivity contribution in [3.8, 4) is 0 Å². The zero-order valence-electron chi connectivity index (χ0n) is 12.7. The molecule has 0 amide bonds. The third-order valence-corrected chi connectivity index (χ3v) is 4.24. The number of nitrogens with zero attached hydrogens (tertiary/aromatic N) is 1. The second-order valence-electron chi connectivity index (χ2n) is 4.62. The number of methoxy groups -OCH3 is 1. The fourth-order valence-electron chi connectivity index (χ4n) is 1.82. The zero-order valence-corrected chi connectivity index (χ0v) is 14.3. The van der Waals surface area contributed by atoms with Crippen LogP contribution in [0.1, 0.15) is 30.4 Å². The van der Waals surface area contributed by atoms with E-state index in [9.17, 15) is 24.5 Å². The Labute approximate surface area is 150 Å². The summed E-state index contributed by atoms with van der Waals surface area (Å²) >= 11 is 6.75. The van der Waals surface area contributed by atoms with Crippen molar-refractivity contribution in [1.82, 2.24) is 0 Å². The highest BCUT2D eigenvalue weighted by atomic mass is 35.5. The van der Waals surface area contributed by atoms with Crippen LogP contribution in [-0.4, -0.2) is 36.4 Å². The molecular formula is C15H10ClNO7S. The molecule has 0 atom stereocenters. The van der Waals surface area contributed by atoms with E-state index in [2.05, 4.69) is 4.74 Å². The van der Waals surface area contributed by atoms with E-state index in [1.807, 2.05) is 0 Å². The van der Waals surface area contributed by atoms with Gasteiger partial charge in [0.25, 0.3) is 5.69 Å². The number of nitro benzene ring substituents is 1. The van der Waals surface area contributed by atoms with E-state index in [4.69, 9.17) is 16.3 Å². The minimum atomic E-state index is -0.982. The van der Waals surface area contributed by atoms with Gasteiger partial charge in [0.15, 0.2) is 6.61 Å². The van der Waals surface area contributed by atoms with Crippen LogP contribution in [0.3, 0.4) is 0 Å². The minimum Gasteiger partial charge on any atom is -0.465 e. The monoisotopic (exact) mass is 383 g/mol. The first kappa shape index (κ1) is 18.6. The lowest BCUT2D eigenvalue weighted by molar-refractivity contribution is -0.384. The van der Waals surface area contributed by atoms with E-state index >= 15 is 0 Å². The molecule has 0 unspecified atom stereocenters. The molecule has 0 bridgehead atoms. The topological polar surface area (TPSA) is 113 Å². The Morgan fingerprint density at radius 3 is 2.32 bits per heavy atom. The van der Waals surface area contributed by atoms with Crippen molar-refractivity contribution in [2.45, 2.75) is 0 Å². The number of hydrogen-bond acceptors (Lipinski definition) is 8. The summed E-state index contributed by atoms with van der Waals surface area (Å²) < 4.78 is 9.76. The molecule has 0 aliphatic carbocycles. The van der Waals surface area contributed by atoms with Crippen LogP contribution in [0.4, 0.5) is 5.69 Å². The molecule has 0 aliphatic rings. The van der Waals surface area contributed by atoms with Gasteiger partial charge in [0.2, 0.25) is 5.78 Å². The molecule has 1 aromatic carbocycles. The second-order valence-corrected chi connectivity index (χ2v) is 6.34. The third kappa shape index (κ3) is 4.61. The van der Waals surface area contributed by atoms with Crippen LogP contribution < -0.4 is 0 Å². The van der Waals surface area contributed by atoms with Gasteiger partial charge in [0.05, 0.1) is 32.4 Å². The molecule has 1 aromatic heterocycles. The lowest BCUT2D eigenvalue weighted by Crippen LogP contribution is -2.14. The number of carbonyl (C=O) groups excluding carboxylic acids is 3. The molecule has 0 saturated carbocycles. The number of nitro groups is 1. The van der Waals surface area contributed by atoms with Gasteiger partial charge in [-0.1, -0.05) is 11.6 Å². The lowest BCUT2D eigenvalue weighted by atomic mass is 10.1. The van der Waals surface area contributed by atoms with Crippen molar-refractivity contribution in [3.05, 3.63) is 60.8 Å². The van der Waals surface area contributed by atoms with Gasteiger partial charge in [-0.25, -0.2) is 9.59 Å². The number of Topliss-reactive ketones (excluding diaryl/α,β-unsaturated/α-hetero) is 1. The van der Waals surface area contributed by atoms with Gasteiger partial charge in [0, 0.05) is 12.1 Å². The van der Waals surface area contributed by atoms with Crippen LogP contribution in [0.15, 0.2) is 30.3 Å². The Morgan fingerprint density at radius 1 is 1.16 bits per heavy atom. The highest BCUT2D eigenvalue weighted by Crippen LogP contribution is 2.22. The van der Waals surface area contributed by atoms with Gasteiger partial charge >= 0.3 is 11.9 Å². The summed E-state index contributed by atoms with van der Waals surface area (Å²) in [6.45, 7) is -0.564. The van der Waals surface area contributed by atoms with Crippen molar-refractivity contribution in [1.29, 1.82) is 0 Å². The van der Waals surface area contributed by atoms with Crippen molar-refractivity contribution in [2.24, 2.45) is 0 Å². The Hall–Kier alpha value is -2.78. The minimum absolute atomic E-state index is 0.181. The van der Waals surface area contributed by atoms with Gasteiger partial charge in [-0.05, 0) is 18.2 Å². The molecule has 25 heavy (non-hydrogen) atoms. The molecule has 0 saturated heterocycles. The van der Waals surface area contributed by atoms with Crippen LogP contribution in [-0.2, 0) is 9.47 Å². The molecule has 2 aromatic rings. The highest BCUT2D eigenvalue weighted by molar-refractivity contribution is 7.18. The summed E-state index contributed by atoms with van der Waals surface area (Å²) in [6, 6.07) is 6.03. The Balaban J connectivity index is 2.17. The molecule has 0 radical (unpaired) electrons. The normalized spacial score (nSPS) is 10.2. The number of carbonyl (C=O) groups is 3. The molecule has 0 aliphatic heterocycles. The van der Waals surface area contributed by atoms with Crippen LogP contribution in [0.25, 0.3) is 0 Å². The van der Waals surface area contributed by atoms with Crippen molar-refractivity contribution < 1.29 is 28.8 Å². The maximum absolute atomic E-state index is 12.1. The predicted octanol–water partition coefficient (Wildman–Crippen LogP) is 3.14. The number of thiophene rings is 1. The number of ether oxygens (including phenoxy) is 2. The van der Waals surface area contributed by atoms with Crippen LogP contribution in [0, 0.1) is 10.1 Å². The SMILES string of the molecule is COC(=O)c1cc(C(=O)OCC(=O)c2ccc(Cl)s2)cc([N+](=O)[O-])c1. The molecular weight excluding hydrogens is 374 g/mol. The maximum Gasteiger partial charge on any atom is 0.338 e. The van der Waals surface area contributed by atoms with E-state index < -0.39 is 34.9 Å². The largest absolute Gasteiger partial charge is 0.465 e. The molecule has 1 heterocycles. The first-order chi connectivity index (χ1) is 11.8. The average Bonchev–Trinajstić information content (AvgIpc) is 3.04. The van der Waals surface area contributed by atoms with Gasteiger partial charge in [-0.3, -0.25) is 14.9 Å². The molecule has 0 spiro atoms. The second kappa shape index (κ2) is 7.86. The lowest BCUT2D eigenvalue weighted by Gasteiger charge is -2.05. The number of hydrogen-bond donors (Lipinski definition) is 0. The summed E-state index contributed by atoms with van der Waals surface area (Å²) in [5, 5.41) is 10.9. The fourth-order valence-corrected chi connectivity index (χ4v) is 2.79. The number of non-ortho nitro benzene ring substituents is 1. The first-order valence-electron chi connectivity index (χ1n) is 6.65. The van der Waals surface area contributed by atoms with E-state index in [1.54, 1.807) is 0 Å². The summed E-state index contributed by atoms with van der Waals surface area (Å²) in [4.78, 5) is 46.0. The molecule has 2 rings (SSSR count). The molecule has 130 valence electrons. The predicted molar refractivity (Wildman–Crippen MR) is 88.4 cm³/mol. The van der Waals surface area contributed by atoms with E-state index in [1.165, 1.54) is 12.1 Å². The van der Waals surface area contributed by atoms with Gasteiger partial charge in [0.1, 0.15) is 0 Å². The third-order valence-electron chi connectivity index (χ3n) is 2.97. The maximum atomic E-state index is 12.1. The number of ketones is 1. The Morgan fingerprint density at radius 2 is 1.80 bits per heavy atom. The highest BCUT2D eigenvalue weighted by Gasteiger charge is 2.20. The summed E-state index contributed by atoms with van der Waals surface area (Å²) in [6.07, 6.45) is 0. The summed E-state index contributed by atoms with van der Waals surface area (Å²) in [5.41, 5.74) is -0.905. The number of esters is 2. The fraction of sp³-hybridized carbons (Fsp3) is 0.133. The molecule has 0 fully saturated rings. The Bertz CT molecular complexity index is 861. The van der Waals surface area contributed by atoms with Crippen LogP contribution >= 0.6 is 22.9 Å². The zero-order chi connectivity index (χ0) is 18.6. The smallest absolute Gasteiger partial charge is 0.338 e. The van der Waals surface area contributed by atoms with Gasteiger partial charge < -0.3 is 9.47 Å². The van der Waals surface area contributed by atoms with Crippen molar-refractivity contribution in [3.63, 3.8) is 0 Å². The Kier molecular flexibility index (Phi) is 5.84. The van der Waals surface area contributed by atoms with Crippen molar-refractivity contribution in [2.75, 3.05) is 13.7 Å². The van der Waals surface area contributed by atoms with Gasteiger partial charge in [-0.2, -0.15) is 0 Å². The summed E-state index contributed by atoms with van der Waals surface area (Å²) in [5.74, 6) is -2.30. The quantitative estimate of drug-likeness (QED) is 0.326. The first-order valence-corrected chi connectivity index (χ1v) is 7.84. The van der Waals surface area contributed by atoms with Gasteiger partial charge in [-0.15, -0.1) is 11.3 Å². The van der Waals surface area contributed by atoms with E-state index in [0.717, 1.165) is 36.6 Å². The number of halogens is 1.